The van der Waals surface area contributed by atoms with Gasteiger partial charge in [-0.1, -0.05) is 37.3 Å². The first kappa shape index (κ1) is 15.2. The van der Waals surface area contributed by atoms with E-state index in [9.17, 15) is 5.11 Å². The number of thiazole rings is 1. The number of aliphatic hydroxyl groups excluding tert-OH is 1. The van der Waals surface area contributed by atoms with E-state index in [2.05, 4.69) is 23.9 Å². The molecule has 0 bridgehead atoms. The highest BCUT2D eigenvalue weighted by molar-refractivity contribution is 7.09. The number of rotatable bonds is 6. The molecule has 0 saturated heterocycles. The van der Waals surface area contributed by atoms with Crippen molar-refractivity contribution in [3.05, 3.63) is 52.0 Å². The van der Waals surface area contributed by atoms with Crippen LogP contribution in [0, 0.1) is 12.8 Å². The second kappa shape index (κ2) is 6.97. The number of nitrogens with zero attached hydrogens (tertiary/aromatic N) is 2. The summed E-state index contributed by atoms with van der Waals surface area (Å²) in [6.07, 6.45) is -0.416. The van der Waals surface area contributed by atoms with Crippen LogP contribution in [-0.2, 0) is 6.54 Å². The van der Waals surface area contributed by atoms with E-state index in [-0.39, 0.29) is 5.92 Å². The van der Waals surface area contributed by atoms with Gasteiger partial charge in [0.15, 0.2) is 0 Å². The second-order valence-electron chi connectivity index (χ2n) is 5.39. The summed E-state index contributed by atoms with van der Waals surface area (Å²) in [5.74, 6) is 0.190. The molecule has 3 nitrogen and oxygen atoms in total. The molecule has 108 valence electrons. The van der Waals surface area contributed by atoms with Crippen LogP contribution in [0.15, 0.2) is 35.8 Å². The molecule has 0 saturated carbocycles. The number of aryl methyl sites for hydroxylation is 1. The first-order valence-corrected chi connectivity index (χ1v) is 7.76. The molecule has 2 atom stereocenters. The highest BCUT2D eigenvalue weighted by Crippen LogP contribution is 2.23. The lowest BCUT2D eigenvalue weighted by Crippen LogP contribution is -2.27. The summed E-state index contributed by atoms with van der Waals surface area (Å²) in [5, 5.41) is 10.4. The molecular formula is C16H22N2OS. The number of aliphatic hydroxyl groups is 1. The third-order valence-electron chi connectivity index (χ3n) is 3.54. The standard InChI is InChI=1S/C16H22N2OS/c1-12(16(19)14-7-5-4-6-8-14)9-18(3)10-15-13(2)17-11-20-15/h4-8,11-12,16,19H,9-10H2,1-3H3. The molecule has 1 aromatic carbocycles. The fourth-order valence-corrected chi connectivity index (χ4v) is 3.21. The maximum Gasteiger partial charge on any atom is 0.0827 e. The lowest BCUT2D eigenvalue weighted by atomic mass is 9.97. The topological polar surface area (TPSA) is 36.4 Å². The van der Waals surface area contributed by atoms with Crippen LogP contribution in [0.4, 0.5) is 0 Å². The molecule has 0 amide bonds. The second-order valence-corrected chi connectivity index (χ2v) is 6.33. The van der Waals surface area contributed by atoms with E-state index in [4.69, 9.17) is 0 Å². The molecule has 2 rings (SSSR count). The third-order valence-corrected chi connectivity index (χ3v) is 4.46. The van der Waals surface area contributed by atoms with Crippen LogP contribution >= 0.6 is 11.3 Å². The van der Waals surface area contributed by atoms with Crippen LogP contribution in [0.3, 0.4) is 0 Å². The van der Waals surface area contributed by atoms with E-state index >= 15 is 0 Å². The van der Waals surface area contributed by atoms with E-state index in [1.54, 1.807) is 11.3 Å². The summed E-state index contributed by atoms with van der Waals surface area (Å²) in [5.41, 5.74) is 3.99. The Balaban J connectivity index is 1.91. The van der Waals surface area contributed by atoms with Crippen LogP contribution in [0.2, 0.25) is 0 Å². The fourth-order valence-electron chi connectivity index (χ4n) is 2.36. The van der Waals surface area contributed by atoms with Crippen LogP contribution in [0.1, 0.15) is 29.2 Å². The Hall–Kier alpha value is -1.23. The van der Waals surface area contributed by atoms with E-state index < -0.39 is 6.10 Å². The average Bonchev–Trinajstić information content (AvgIpc) is 2.84. The van der Waals surface area contributed by atoms with Crippen molar-refractivity contribution in [2.75, 3.05) is 13.6 Å². The predicted octanol–water partition coefficient (Wildman–Crippen LogP) is 3.25. The van der Waals surface area contributed by atoms with E-state index in [1.165, 1.54) is 4.88 Å². The van der Waals surface area contributed by atoms with Gasteiger partial charge in [0.05, 0.1) is 17.3 Å². The van der Waals surface area contributed by atoms with Gasteiger partial charge in [0.2, 0.25) is 0 Å². The van der Waals surface area contributed by atoms with Gasteiger partial charge in [0, 0.05) is 18.0 Å². The van der Waals surface area contributed by atoms with Crippen LogP contribution < -0.4 is 0 Å². The minimum atomic E-state index is -0.416. The molecule has 4 heteroatoms. The van der Waals surface area contributed by atoms with Crippen molar-refractivity contribution in [1.29, 1.82) is 0 Å². The molecule has 0 radical (unpaired) electrons. The van der Waals surface area contributed by atoms with Gasteiger partial charge in [-0.2, -0.15) is 0 Å². The number of benzene rings is 1. The summed E-state index contributed by atoms with van der Waals surface area (Å²) in [6.45, 7) is 5.88. The molecular weight excluding hydrogens is 268 g/mol. The molecule has 0 fully saturated rings. The first-order chi connectivity index (χ1) is 9.58. The maximum atomic E-state index is 10.4. The summed E-state index contributed by atoms with van der Waals surface area (Å²) < 4.78 is 0. The largest absolute Gasteiger partial charge is 0.388 e. The van der Waals surface area contributed by atoms with Crippen LogP contribution in [0.25, 0.3) is 0 Å². The van der Waals surface area contributed by atoms with Crippen LogP contribution in [0.5, 0.6) is 0 Å². The van der Waals surface area contributed by atoms with Gasteiger partial charge in [-0.25, -0.2) is 4.98 Å². The minimum absolute atomic E-state index is 0.190. The molecule has 1 aromatic heterocycles. The predicted molar refractivity (Wildman–Crippen MR) is 83.8 cm³/mol. The zero-order valence-corrected chi connectivity index (χ0v) is 13.1. The van der Waals surface area contributed by atoms with Crippen molar-refractivity contribution in [3.8, 4) is 0 Å². The summed E-state index contributed by atoms with van der Waals surface area (Å²) in [4.78, 5) is 7.82. The molecule has 0 spiro atoms. The Morgan fingerprint density at radius 3 is 2.60 bits per heavy atom. The van der Waals surface area contributed by atoms with Gasteiger partial charge in [-0.3, -0.25) is 0 Å². The first-order valence-electron chi connectivity index (χ1n) is 6.88. The molecule has 1 heterocycles. The normalized spacial score (nSPS) is 14.4. The SMILES string of the molecule is Cc1ncsc1CN(C)CC(C)C(O)c1ccccc1. The monoisotopic (exact) mass is 290 g/mol. The Morgan fingerprint density at radius 2 is 2.00 bits per heavy atom. The van der Waals surface area contributed by atoms with Gasteiger partial charge < -0.3 is 10.0 Å². The lowest BCUT2D eigenvalue weighted by Gasteiger charge is -2.25. The van der Waals surface area contributed by atoms with Gasteiger partial charge in [0.1, 0.15) is 0 Å². The van der Waals surface area contributed by atoms with Crippen molar-refractivity contribution < 1.29 is 5.11 Å². The molecule has 0 aliphatic heterocycles. The fraction of sp³-hybridized carbons (Fsp3) is 0.438. The minimum Gasteiger partial charge on any atom is -0.388 e. The molecule has 1 N–H and O–H groups in total. The smallest absolute Gasteiger partial charge is 0.0827 e. The van der Waals surface area contributed by atoms with Gasteiger partial charge in [-0.15, -0.1) is 11.3 Å². The van der Waals surface area contributed by atoms with Crippen molar-refractivity contribution in [2.24, 2.45) is 5.92 Å². The Kier molecular flexibility index (Phi) is 5.29. The van der Waals surface area contributed by atoms with Crippen molar-refractivity contribution in [3.63, 3.8) is 0 Å². The Labute approximate surface area is 124 Å². The van der Waals surface area contributed by atoms with Gasteiger partial charge in [-0.05, 0) is 25.5 Å². The molecule has 0 aliphatic rings. The molecule has 20 heavy (non-hydrogen) atoms. The highest BCUT2D eigenvalue weighted by atomic mass is 32.1. The third kappa shape index (κ3) is 3.88. The Bertz CT molecular complexity index is 526. The summed E-state index contributed by atoms with van der Waals surface area (Å²) in [7, 11) is 2.09. The highest BCUT2D eigenvalue weighted by Gasteiger charge is 2.18. The number of aromatic nitrogens is 1. The maximum absolute atomic E-state index is 10.4. The zero-order chi connectivity index (χ0) is 14.5. The van der Waals surface area contributed by atoms with Crippen molar-refractivity contribution >= 4 is 11.3 Å². The quantitative estimate of drug-likeness (QED) is 0.887. The van der Waals surface area contributed by atoms with Gasteiger partial charge in [0.25, 0.3) is 0 Å². The molecule has 2 unspecified atom stereocenters. The summed E-state index contributed by atoms with van der Waals surface area (Å²) >= 11 is 1.69. The molecule has 0 aliphatic carbocycles. The van der Waals surface area contributed by atoms with E-state index in [0.29, 0.717) is 0 Å². The van der Waals surface area contributed by atoms with E-state index in [0.717, 1.165) is 24.3 Å². The number of hydrogen-bond acceptors (Lipinski definition) is 4. The zero-order valence-electron chi connectivity index (χ0n) is 12.3. The van der Waals surface area contributed by atoms with Crippen LogP contribution in [-0.4, -0.2) is 28.6 Å². The van der Waals surface area contributed by atoms with Crippen molar-refractivity contribution in [2.45, 2.75) is 26.5 Å². The lowest BCUT2D eigenvalue weighted by molar-refractivity contribution is 0.0935. The summed E-state index contributed by atoms with van der Waals surface area (Å²) in [6, 6.07) is 9.87. The average molecular weight is 290 g/mol. The van der Waals surface area contributed by atoms with E-state index in [1.807, 2.05) is 42.8 Å². The van der Waals surface area contributed by atoms with Crippen molar-refractivity contribution in [1.82, 2.24) is 9.88 Å². The van der Waals surface area contributed by atoms with Gasteiger partial charge >= 0.3 is 0 Å². The Morgan fingerprint density at radius 1 is 1.30 bits per heavy atom. The molecule has 2 aromatic rings. The number of hydrogen-bond donors (Lipinski definition) is 1.